The predicted molar refractivity (Wildman–Crippen MR) is 134 cm³/mol. The van der Waals surface area contributed by atoms with Gasteiger partial charge in [-0.1, -0.05) is 36.4 Å². The van der Waals surface area contributed by atoms with E-state index in [9.17, 15) is 4.79 Å². The van der Waals surface area contributed by atoms with Crippen LogP contribution in [0.1, 0.15) is 11.1 Å². The van der Waals surface area contributed by atoms with Crippen molar-refractivity contribution in [2.75, 3.05) is 7.11 Å². The first-order valence-electron chi connectivity index (χ1n) is 9.50. The quantitative estimate of drug-likeness (QED) is 0.318. The summed E-state index contributed by atoms with van der Waals surface area (Å²) in [5.74, 6) is 1.09. The number of ether oxygens (including phenoxy) is 2. The van der Waals surface area contributed by atoms with Crippen molar-refractivity contribution in [2.24, 2.45) is 4.99 Å². The van der Waals surface area contributed by atoms with Gasteiger partial charge >= 0.3 is 0 Å². The highest BCUT2D eigenvalue weighted by molar-refractivity contribution is 14.1. The van der Waals surface area contributed by atoms with E-state index in [-0.39, 0.29) is 5.91 Å². The summed E-state index contributed by atoms with van der Waals surface area (Å²) in [5, 5.41) is 3.37. The minimum absolute atomic E-state index is 0.169. The molecule has 1 heterocycles. The van der Waals surface area contributed by atoms with Crippen LogP contribution < -0.4 is 14.8 Å². The lowest BCUT2D eigenvalue weighted by Gasteiger charge is -2.11. The Morgan fingerprint density at radius 3 is 2.55 bits per heavy atom. The number of carbonyl (C=O) groups excluding carboxylic acids is 1. The molecule has 3 aromatic rings. The van der Waals surface area contributed by atoms with Crippen LogP contribution in [0.4, 0.5) is 5.69 Å². The molecule has 0 aromatic heterocycles. The first-order chi connectivity index (χ1) is 15.1. The largest absolute Gasteiger partial charge is 0.493 e. The zero-order valence-electron chi connectivity index (χ0n) is 16.7. The lowest BCUT2D eigenvalue weighted by atomic mass is 10.2. The molecule has 1 N–H and O–H groups in total. The molecule has 156 valence electrons. The van der Waals surface area contributed by atoms with Gasteiger partial charge in [0.05, 0.1) is 17.7 Å². The van der Waals surface area contributed by atoms with Crippen LogP contribution >= 0.6 is 34.4 Å². The van der Waals surface area contributed by atoms with Crippen molar-refractivity contribution in [3.05, 3.63) is 92.4 Å². The zero-order chi connectivity index (χ0) is 21.6. The Morgan fingerprint density at radius 1 is 1.03 bits per heavy atom. The van der Waals surface area contributed by atoms with Gasteiger partial charge in [-0.15, -0.1) is 0 Å². The number of hydrogen-bond donors (Lipinski definition) is 1. The molecular formula is C24H19IN2O3S. The van der Waals surface area contributed by atoms with Gasteiger partial charge in [0.15, 0.2) is 16.7 Å². The summed E-state index contributed by atoms with van der Waals surface area (Å²) < 4.78 is 12.6. The number of methoxy groups -OCH3 is 1. The van der Waals surface area contributed by atoms with E-state index in [1.165, 1.54) is 15.3 Å². The highest BCUT2D eigenvalue weighted by Gasteiger charge is 2.24. The lowest BCUT2D eigenvalue weighted by Crippen LogP contribution is -2.19. The number of halogens is 1. The molecule has 1 aliphatic heterocycles. The Kier molecular flexibility index (Phi) is 6.93. The van der Waals surface area contributed by atoms with E-state index in [0.29, 0.717) is 28.2 Å². The Hall–Kier alpha value is -2.78. The number of benzene rings is 3. The maximum absolute atomic E-state index is 12.3. The fourth-order valence-corrected chi connectivity index (χ4v) is 4.09. The van der Waals surface area contributed by atoms with Crippen molar-refractivity contribution in [3.63, 3.8) is 0 Å². The maximum atomic E-state index is 12.3. The van der Waals surface area contributed by atoms with Crippen LogP contribution in [0, 0.1) is 3.57 Å². The molecule has 31 heavy (non-hydrogen) atoms. The molecule has 0 radical (unpaired) electrons. The average molecular weight is 542 g/mol. The van der Waals surface area contributed by atoms with Crippen LogP contribution in [-0.2, 0) is 11.4 Å². The van der Waals surface area contributed by atoms with Crippen molar-refractivity contribution >= 4 is 57.2 Å². The van der Waals surface area contributed by atoms with E-state index < -0.39 is 0 Å². The predicted octanol–water partition coefficient (Wildman–Crippen LogP) is 5.77. The van der Waals surface area contributed by atoms with Gasteiger partial charge in [-0.2, -0.15) is 0 Å². The summed E-state index contributed by atoms with van der Waals surface area (Å²) in [4.78, 5) is 17.4. The topological polar surface area (TPSA) is 59.9 Å². The number of thioether (sulfide) groups is 1. The Morgan fingerprint density at radius 2 is 1.81 bits per heavy atom. The second-order valence-electron chi connectivity index (χ2n) is 6.64. The number of carbonyl (C=O) groups is 1. The van der Waals surface area contributed by atoms with E-state index in [1.807, 2.05) is 78.9 Å². The molecule has 0 unspecified atom stereocenters. The van der Waals surface area contributed by atoms with Crippen molar-refractivity contribution in [1.82, 2.24) is 5.32 Å². The number of para-hydroxylation sites is 1. The van der Waals surface area contributed by atoms with Gasteiger partial charge < -0.3 is 14.8 Å². The summed E-state index contributed by atoms with van der Waals surface area (Å²) in [5.41, 5.74) is 2.72. The monoisotopic (exact) mass is 542 g/mol. The molecule has 1 aliphatic rings. The molecule has 4 rings (SSSR count). The second kappa shape index (κ2) is 10.0. The van der Waals surface area contributed by atoms with Crippen LogP contribution in [0.3, 0.4) is 0 Å². The van der Waals surface area contributed by atoms with Gasteiger partial charge in [0.1, 0.15) is 6.61 Å². The first-order valence-corrected chi connectivity index (χ1v) is 11.4. The van der Waals surface area contributed by atoms with E-state index in [0.717, 1.165) is 16.8 Å². The number of nitrogens with zero attached hydrogens (tertiary/aromatic N) is 1. The standard InChI is InChI=1S/C24H19IN2O3S/c1-29-21-13-17(9-12-20(21)30-15-16-7-10-18(25)11-8-16)14-22-23(28)27-24(31-22)26-19-5-3-2-4-6-19/h2-14H,15H2,1H3,(H,26,27,28)/b22-14-. The Labute approximate surface area is 198 Å². The van der Waals surface area contributed by atoms with Crippen LogP contribution in [0.5, 0.6) is 11.5 Å². The SMILES string of the molecule is COc1cc(/C=C2\SC(=Nc3ccccc3)NC2=O)ccc1OCc1ccc(I)cc1. The summed E-state index contributed by atoms with van der Waals surface area (Å²) in [7, 11) is 1.60. The molecule has 0 bridgehead atoms. The van der Waals surface area contributed by atoms with E-state index in [1.54, 1.807) is 7.11 Å². The second-order valence-corrected chi connectivity index (χ2v) is 8.92. The van der Waals surface area contributed by atoms with Crippen molar-refractivity contribution in [3.8, 4) is 11.5 Å². The average Bonchev–Trinajstić information content (AvgIpc) is 3.13. The molecule has 0 aliphatic carbocycles. The third-order valence-corrected chi connectivity index (χ3v) is 6.06. The third-order valence-electron chi connectivity index (χ3n) is 4.43. The minimum atomic E-state index is -0.169. The molecule has 7 heteroatoms. The summed E-state index contributed by atoms with van der Waals surface area (Å²) in [6.07, 6.45) is 1.82. The molecule has 0 saturated carbocycles. The van der Waals surface area contributed by atoms with E-state index in [2.05, 4.69) is 32.9 Å². The van der Waals surface area contributed by atoms with Crippen LogP contribution in [0.2, 0.25) is 0 Å². The van der Waals surface area contributed by atoms with Crippen molar-refractivity contribution in [1.29, 1.82) is 0 Å². The van der Waals surface area contributed by atoms with Crippen molar-refractivity contribution < 1.29 is 14.3 Å². The number of rotatable bonds is 6. The molecule has 0 atom stereocenters. The Bertz CT molecular complexity index is 1150. The molecule has 1 amide bonds. The smallest absolute Gasteiger partial charge is 0.264 e. The molecule has 1 saturated heterocycles. The van der Waals surface area contributed by atoms with Gasteiger partial charge in [0.25, 0.3) is 5.91 Å². The van der Waals surface area contributed by atoms with Gasteiger partial charge in [-0.3, -0.25) is 4.79 Å². The molecule has 1 fully saturated rings. The van der Waals surface area contributed by atoms with Gasteiger partial charge in [-0.05, 0) is 88.0 Å². The summed E-state index contributed by atoms with van der Waals surface area (Å²) >= 11 is 3.59. The molecular weight excluding hydrogens is 523 g/mol. The van der Waals surface area contributed by atoms with E-state index >= 15 is 0 Å². The van der Waals surface area contributed by atoms with E-state index in [4.69, 9.17) is 9.47 Å². The zero-order valence-corrected chi connectivity index (χ0v) is 19.6. The highest BCUT2D eigenvalue weighted by atomic mass is 127. The minimum Gasteiger partial charge on any atom is -0.493 e. The fraction of sp³-hybridized carbons (Fsp3) is 0.0833. The first kappa shape index (κ1) is 21.5. The fourth-order valence-electron chi connectivity index (χ4n) is 2.89. The lowest BCUT2D eigenvalue weighted by molar-refractivity contribution is -0.115. The van der Waals surface area contributed by atoms with Crippen molar-refractivity contribution in [2.45, 2.75) is 6.61 Å². The number of nitrogens with one attached hydrogen (secondary N) is 1. The van der Waals surface area contributed by atoms with Crippen LogP contribution in [0.15, 0.2) is 82.7 Å². The van der Waals surface area contributed by atoms with Gasteiger partial charge in [-0.25, -0.2) is 4.99 Å². The third kappa shape index (κ3) is 5.68. The summed E-state index contributed by atoms with van der Waals surface area (Å²) in [6.45, 7) is 0.450. The highest BCUT2D eigenvalue weighted by Crippen LogP contribution is 2.32. The normalized spacial score (nSPS) is 15.9. The summed E-state index contributed by atoms with van der Waals surface area (Å²) in [6, 6.07) is 23.3. The molecule has 5 nitrogen and oxygen atoms in total. The van der Waals surface area contributed by atoms with Crippen LogP contribution in [-0.4, -0.2) is 18.2 Å². The van der Waals surface area contributed by atoms with Crippen LogP contribution in [0.25, 0.3) is 6.08 Å². The Balaban J connectivity index is 1.48. The molecule has 3 aromatic carbocycles. The number of hydrogen-bond acceptors (Lipinski definition) is 5. The molecule has 0 spiro atoms. The maximum Gasteiger partial charge on any atom is 0.264 e. The number of aliphatic imine (C=N–C) groups is 1. The van der Waals surface area contributed by atoms with Gasteiger partial charge in [0, 0.05) is 3.57 Å². The number of amidine groups is 1. The van der Waals surface area contributed by atoms with Gasteiger partial charge in [0.2, 0.25) is 0 Å². The number of amides is 1.